The van der Waals surface area contributed by atoms with E-state index in [-0.39, 0.29) is 23.5 Å². The van der Waals surface area contributed by atoms with Crippen LogP contribution in [0.2, 0.25) is 0 Å². The van der Waals surface area contributed by atoms with Crippen LogP contribution < -0.4 is 5.32 Å². The summed E-state index contributed by atoms with van der Waals surface area (Å²) < 4.78 is 25.1. The average Bonchev–Trinajstić information content (AvgIpc) is 3.22. The minimum Gasteiger partial charge on any atom is -0.351 e. The molecule has 0 radical (unpaired) electrons. The van der Waals surface area contributed by atoms with E-state index in [4.69, 9.17) is 4.98 Å². The molecule has 0 spiro atoms. The molecule has 1 N–H and O–H groups in total. The fourth-order valence-electron chi connectivity index (χ4n) is 3.72. The summed E-state index contributed by atoms with van der Waals surface area (Å²) in [5.74, 6) is -0.0437. The van der Waals surface area contributed by atoms with Crippen molar-refractivity contribution in [1.29, 1.82) is 0 Å². The lowest BCUT2D eigenvalue weighted by Gasteiger charge is -2.15. The van der Waals surface area contributed by atoms with E-state index in [0.29, 0.717) is 11.6 Å². The molecule has 4 rings (SSSR count). The molecule has 0 bridgehead atoms. The highest BCUT2D eigenvalue weighted by Gasteiger charge is 2.30. The zero-order valence-electron chi connectivity index (χ0n) is 17.1. The predicted molar refractivity (Wildman–Crippen MR) is 118 cm³/mol. The third-order valence-electron chi connectivity index (χ3n) is 5.16. The van der Waals surface area contributed by atoms with Crippen LogP contribution in [-0.4, -0.2) is 51.7 Å². The fourth-order valence-corrected chi connectivity index (χ4v) is 6.26. The number of carbonyl (C=O) groups is 1. The first-order valence-corrected chi connectivity index (χ1v) is 12.5. The monoisotopic (exact) mass is 444 g/mol. The molecule has 2 atom stereocenters. The van der Waals surface area contributed by atoms with Crippen LogP contribution >= 0.6 is 11.8 Å². The number of aromatic nitrogens is 3. The predicted octanol–water partition coefficient (Wildman–Crippen LogP) is 2.80. The van der Waals surface area contributed by atoms with E-state index in [1.54, 1.807) is 6.92 Å². The lowest BCUT2D eigenvalue weighted by Crippen LogP contribution is -2.40. The number of benzene rings is 1. The highest BCUT2D eigenvalue weighted by atomic mass is 32.2. The number of nitrogens with one attached hydrogen (secondary N) is 1. The number of sulfone groups is 1. The molecule has 1 saturated heterocycles. The maximum atomic E-state index is 12.7. The van der Waals surface area contributed by atoms with Gasteiger partial charge in [-0.2, -0.15) is 5.10 Å². The minimum absolute atomic E-state index is 0.0144. The lowest BCUT2D eigenvalue weighted by atomic mass is 10.1. The van der Waals surface area contributed by atoms with Gasteiger partial charge in [-0.25, -0.2) is 17.9 Å². The molecule has 1 amide bonds. The Hall–Kier alpha value is -2.39. The summed E-state index contributed by atoms with van der Waals surface area (Å²) in [4.78, 5) is 17.5. The van der Waals surface area contributed by atoms with Crippen molar-refractivity contribution in [3.8, 4) is 11.3 Å². The number of nitrogens with zero attached hydrogens (tertiary/aromatic N) is 3. The number of aryl methyl sites for hydroxylation is 2. The van der Waals surface area contributed by atoms with E-state index in [9.17, 15) is 13.2 Å². The number of thioether (sulfide) groups is 1. The number of carbonyl (C=O) groups excluding carboxylic acids is 1. The van der Waals surface area contributed by atoms with Crippen molar-refractivity contribution in [2.24, 2.45) is 0 Å². The molecule has 0 unspecified atom stereocenters. The largest absolute Gasteiger partial charge is 0.351 e. The molecule has 1 fully saturated rings. The number of imidazole rings is 1. The first-order chi connectivity index (χ1) is 14.2. The second-order valence-electron chi connectivity index (χ2n) is 7.71. The van der Waals surface area contributed by atoms with Crippen molar-refractivity contribution in [3.05, 3.63) is 47.7 Å². The van der Waals surface area contributed by atoms with Gasteiger partial charge in [0.1, 0.15) is 0 Å². The summed E-state index contributed by atoms with van der Waals surface area (Å²) in [7, 11) is -3.04. The molecule has 0 aliphatic carbocycles. The first kappa shape index (κ1) is 20.9. The molecule has 1 aliphatic rings. The molecule has 158 valence electrons. The molecule has 3 heterocycles. The van der Waals surface area contributed by atoms with E-state index < -0.39 is 15.1 Å². The Bertz CT molecular complexity index is 1210. The Kier molecular flexibility index (Phi) is 5.59. The Morgan fingerprint density at radius 1 is 1.27 bits per heavy atom. The zero-order chi connectivity index (χ0) is 21.5. The van der Waals surface area contributed by atoms with Gasteiger partial charge in [-0.05, 0) is 38.8 Å². The van der Waals surface area contributed by atoms with E-state index in [1.165, 1.54) is 11.8 Å². The normalized spacial score (nSPS) is 19.1. The summed E-state index contributed by atoms with van der Waals surface area (Å²) in [6.07, 6.45) is 0.468. The molecule has 1 aliphatic heterocycles. The van der Waals surface area contributed by atoms with Gasteiger partial charge in [-0.3, -0.25) is 4.79 Å². The Morgan fingerprint density at radius 3 is 2.67 bits per heavy atom. The van der Waals surface area contributed by atoms with Gasteiger partial charge in [0.15, 0.2) is 15.0 Å². The number of fused-ring (bicyclic) bond motifs is 1. The van der Waals surface area contributed by atoms with Gasteiger partial charge in [0.25, 0.3) is 0 Å². The Labute approximate surface area is 180 Å². The SMILES string of the molecule is Cc1cc(C)c2c(-c3ccccc3)nc(S[C@@H](C)C(=O)N[C@H]3CCS(=O)(=O)C3)n2n1. The van der Waals surface area contributed by atoms with E-state index in [2.05, 4.69) is 10.4 Å². The highest BCUT2D eigenvalue weighted by molar-refractivity contribution is 8.00. The maximum Gasteiger partial charge on any atom is 0.233 e. The van der Waals surface area contributed by atoms with Gasteiger partial charge in [-0.15, -0.1) is 0 Å². The molecule has 1 aromatic carbocycles. The minimum atomic E-state index is -3.04. The number of rotatable bonds is 5. The first-order valence-electron chi connectivity index (χ1n) is 9.83. The van der Waals surface area contributed by atoms with Gasteiger partial charge < -0.3 is 5.32 Å². The van der Waals surface area contributed by atoms with Crippen LogP contribution in [0.3, 0.4) is 0 Å². The van der Waals surface area contributed by atoms with Gasteiger partial charge in [-0.1, -0.05) is 42.1 Å². The second-order valence-corrected chi connectivity index (χ2v) is 11.2. The van der Waals surface area contributed by atoms with Crippen LogP contribution in [0.15, 0.2) is 41.6 Å². The summed E-state index contributed by atoms with van der Waals surface area (Å²) in [5, 5.41) is 7.70. The highest BCUT2D eigenvalue weighted by Crippen LogP contribution is 2.32. The van der Waals surface area contributed by atoms with E-state index in [0.717, 1.165) is 28.0 Å². The van der Waals surface area contributed by atoms with E-state index >= 15 is 0 Å². The number of amides is 1. The smallest absolute Gasteiger partial charge is 0.233 e. The van der Waals surface area contributed by atoms with E-state index in [1.807, 2.05) is 54.8 Å². The van der Waals surface area contributed by atoms with Crippen LogP contribution in [0.25, 0.3) is 16.8 Å². The number of hydrogen-bond donors (Lipinski definition) is 1. The maximum absolute atomic E-state index is 12.7. The Balaban J connectivity index is 1.63. The molecular weight excluding hydrogens is 420 g/mol. The van der Waals surface area contributed by atoms with Gasteiger partial charge in [0, 0.05) is 11.6 Å². The van der Waals surface area contributed by atoms with Crippen molar-refractivity contribution < 1.29 is 13.2 Å². The van der Waals surface area contributed by atoms with Crippen molar-refractivity contribution >= 4 is 33.0 Å². The second kappa shape index (κ2) is 8.03. The summed E-state index contributed by atoms with van der Waals surface area (Å²) in [6.45, 7) is 5.76. The van der Waals surface area contributed by atoms with Crippen LogP contribution in [0.4, 0.5) is 0 Å². The molecule has 0 saturated carbocycles. The van der Waals surface area contributed by atoms with Crippen LogP contribution in [0.5, 0.6) is 0 Å². The van der Waals surface area contributed by atoms with Crippen molar-refractivity contribution in [2.75, 3.05) is 11.5 Å². The zero-order valence-corrected chi connectivity index (χ0v) is 18.8. The van der Waals surface area contributed by atoms with Crippen molar-refractivity contribution in [3.63, 3.8) is 0 Å². The molecule has 9 heteroatoms. The van der Waals surface area contributed by atoms with Crippen LogP contribution in [-0.2, 0) is 14.6 Å². The fraction of sp³-hybridized carbons (Fsp3) is 0.381. The molecule has 3 aromatic rings. The van der Waals surface area contributed by atoms with Gasteiger partial charge in [0.05, 0.1) is 33.7 Å². The van der Waals surface area contributed by atoms with Gasteiger partial charge >= 0.3 is 0 Å². The lowest BCUT2D eigenvalue weighted by molar-refractivity contribution is -0.120. The average molecular weight is 445 g/mol. The molecule has 7 nitrogen and oxygen atoms in total. The summed E-state index contributed by atoms with van der Waals surface area (Å²) >= 11 is 1.33. The van der Waals surface area contributed by atoms with Crippen LogP contribution in [0, 0.1) is 13.8 Å². The Morgan fingerprint density at radius 2 is 2.00 bits per heavy atom. The quantitative estimate of drug-likeness (QED) is 0.608. The summed E-state index contributed by atoms with van der Waals surface area (Å²) in [6, 6.07) is 11.6. The third kappa shape index (κ3) is 4.22. The van der Waals surface area contributed by atoms with Crippen molar-refractivity contribution in [2.45, 2.75) is 43.6 Å². The standard InChI is InChI=1S/C21H24N4O3S2/c1-13-11-14(2)24-25-19(13)18(16-7-5-4-6-8-16)23-21(25)29-15(3)20(26)22-17-9-10-30(27,28)12-17/h4-8,11,15,17H,9-10,12H2,1-3H3,(H,22,26)/t15-,17-/m0/s1. The van der Waals surface area contributed by atoms with Gasteiger partial charge in [0.2, 0.25) is 5.91 Å². The third-order valence-corrected chi connectivity index (χ3v) is 7.97. The molecule has 30 heavy (non-hydrogen) atoms. The van der Waals surface area contributed by atoms with Crippen LogP contribution in [0.1, 0.15) is 24.6 Å². The molecular formula is C21H24N4O3S2. The van der Waals surface area contributed by atoms with Crippen molar-refractivity contribution in [1.82, 2.24) is 19.9 Å². The topological polar surface area (TPSA) is 93.4 Å². The molecule has 2 aromatic heterocycles. The number of hydrogen-bond acceptors (Lipinski definition) is 6. The summed E-state index contributed by atoms with van der Waals surface area (Å²) in [5.41, 5.74) is 4.67.